The summed E-state index contributed by atoms with van der Waals surface area (Å²) in [6.45, 7) is 10.9. The molecule has 3 heteroatoms. The number of nitrogens with zero attached hydrogens (tertiary/aromatic N) is 1. The molecule has 1 aliphatic rings. The summed E-state index contributed by atoms with van der Waals surface area (Å²) in [7, 11) is 2.24. The average molecular weight is 228 g/mol. The van der Waals surface area contributed by atoms with Crippen molar-refractivity contribution in [3.05, 3.63) is 0 Å². The van der Waals surface area contributed by atoms with Gasteiger partial charge in [-0.15, -0.1) is 0 Å². The van der Waals surface area contributed by atoms with Crippen LogP contribution < -0.4 is 5.32 Å². The number of rotatable bonds is 7. The molecule has 0 bridgehead atoms. The summed E-state index contributed by atoms with van der Waals surface area (Å²) in [5, 5.41) is 3.52. The molecule has 0 aromatic heterocycles. The minimum absolute atomic E-state index is 0.443. The van der Waals surface area contributed by atoms with Gasteiger partial charge in [0.15, 0.2) is 0 Å². The molecule has 0 amide bonds. The second-order valence-electron chi connectivity index (χ2n) is 5.13. The fourth-order valence-electron chi connectivity index (χ4n) is 2.62. The molecule has 1 aliphatic heterocycles. The van der Waals surface area contributed by atoms with Crippen LogP contribution in [0, 0.1) is 5.41 Å². The highest BCUT2D eigenvalue weighted by Crippen LogP contribution is 2.30. The minimum atomic E-state index is 0.443. The van der Waals surface area contributed by atoms with E-state index in [1.807, 2.05) is 0 Å². The molecule has 0 atom stereocenters. The molecule has 0 aliphatic carbocycles. The van der Waals surface area contributed by atoms with E-state index in [0.29, 0.717) is 5.41 Å². The van der Waals surface area contributed by atoms with Gasteiger partial charge >= 0.3 is 0 Å². The Hall–Kier alpha value is -0.120. The van der Waals surface area contributed by atoms with E-state index in [4.69, 9.17) is 4.74 Å². The molecule has 1 N–H and O–H groups in total. The Labute approximate surface area is 101 Å². The highest BCUT2D eigenvalue weighted by atomic mass is 16.5. The lowest BCUT2D eigenvalue weighted by Gasteiger charge is -2.40. The second kappa shape index (κ2) is 7.25. The van der Waals surface area contributed by atoms with Crippen LogP contribution in [0.1, 0.15) is 33.1 Å². The summed E-state index contributed by atoms with van der Waals surface area (Å²) < 4.78 is 5.50. The molecule has 0 unspecified atom stereocenters. The lowest BCUT2D eigenvalue weighted by Crippen LogP contribution is -2.46. The first-order chi connectivity index (χ1) is 7.72. The van der Waals surface area contributed by atoms with Crippen molar-refractivity contribution in [2.45, 2.75) is 33.1 Å². The van der Waals surface area contributed by atoms with Crippen LogP contribution >= 0.6 is 0 Å². The molecular weight excluding hydrogens is 200 g/mol. The Morgan fingerprint density at radius 3 is 2.50 bits per heavy atom. The maximum atomic E-state index is 5.50. The first kappa shape index (κ1) is 13.9. The lowest BCUT2D eigenvalue weighted by molar-refractivity contribution is -0.000294. The summed E-state index contributed by atoms with van der Waals surface area (Å²) >= 11 is 0. The van der Waals surface area contributed by atoms with Crippen LogP contribution in [0.15, 0.2) is 0 Å². The summed E-state index contributed by atoms with van der Waals surface area (Å²) in [6, 6.07) is 0. The van der Waals surface area contributed by atoms with Crippen molar-refractivity contribution in [1.82, 2.24) is 10.2 Å². The monoisotopic (exact) mass is 228 g/mol. The summed E-state index contributed by atoms with van der Waals surface area (Å²) in [5.74, 6) is 0. The number of hydrogen-bond donors (Lipinski definition) is 1. The highest BCUT2D eigenvalue weighted by molar-refractivity contribution is 4.86. The van der Waals surface area contributed by atoms with Crippen molar-refractivity contribution in [1.29, 1.82) is 0 Å². The van der Waals surface area contributed by atoms with Crippen LogP contribution in [0.4, 0.5) is 0 Å². The van der Waals surface area contributed by atoms with Crippen LogP contribution in [0.25, 0.3) is 0 Å². The van der Waals surface area contributed by atoms with Crippen molar-refractivity contribution in [3.8, 4) is 0 Å². The van der Waals surface area contributed by atoms with Crippen molar-refractivity contribution in [3.63, 3.8) is 0 Å². The van der Waals surface area contributed by atoms with Crippen molar-refractivity contribution < 1.29 is 4.74 Å². The summed E-state index contributed by atoms with van der Waals surface area (Å²) in [6.07, 6.45) is 3.65. The lowest BCUT2D eigenvalue weighted by atomic mass is 9.79. The molecule has 0 spiro atoms. The molecule has 1 saturated heterocycles. The van der Waals surface area contributed by atoms with Gasteiger partial charge in [-0.2, -0.15) is 0 Å². The Morgan fingerprint density at radius 1 is 1.25 bits per heavy atom. The normalized spacial score (nSPS) is 20.2. The molecule has 1 fully saturated rings. The molecular formula is C13H28N2O. The molecule has 0 aromatic rings. The first-order valence-electron chi connectivity index (χ1n) is 6.69. The van der Waals surface area contributed by atoms with E-state index in [-0.39, 0.29) is 0 Å². The van der Waals surface area contributed by atoms with Crippen molar-refractivity contribution in [2.24, 2.45) is 5.41 Å². The van der Waals surface area contributed by atoms with Gasteiger partial charge in [-0.1, -0.05) is 13.8 Å². The highest BCUT2D eigenvalue weighted by Gasteiger charge is 2.32. The topological polar surface area (TPSA) is 24.5 Å². The van der Waals surface area contributed by atoms with Crippen LogP contribution in [0.2, 0.25) is 0 Å². The van der Waals surface area contributed by atoms with Gasteiger partial charge in [0, 0.05) is 26.3 Å². The third-order valence-electron chi connectivity index (χ3n) is 3.51. The summed E-state index contributed by atoms with van der Waals surface area (Å²) in [4.78, 5) is 2.47. The Bertz CT molecular complexity index is 179. The second-order valence-corrected chi connectivity index (χ2v) is 5.13. The smallest absolute Gasteiger partial charge is 0.0472 e. The predicted molar refractivity (Wildman–Crippen MR) is 68.8 cm³/mol. The zero-order chi connectivity index (χ0) is 11.9. The van der Waals surface area contributed by atoms with Gasteiger partial charge in [0.25, 0.3) is 0 Å². The summed E-state index contributed by atoms with van der Waals surface area (Å²) in [5.41, 5.74) is 0.443. The largest absolute Gasteiger partial charge is 0.381 e. The molecule has 1 rings (SSSR count). The van der Waals surface area contributed by atoms with E-state index in [1.54, 1.807) is 0 Å². The van der Waals surface area contributed by atoms with E-state index in [1.165, 1.54) is 32.4 Å². The van der Waals surface area contributed by atoms with E-state index in [2.05, 4.69) is 31.1 Å². The first-order valence-corrected chi connectivity index (χ1v) is 6.69. The van der Waals surface area contributed by atoms with Crippen LogP contribution in [0.3, 0.4) is 0 Å². The molecule has 0 aromatic carbocycles. The predicted octanol–water partition coefficient (Wildman–Crippen LogP) is 1.73. The molecule has 0 radical (unpaired) electrons. The fraction of sp³-hybridized carbons (Fsp3) is 1.00. The SMILES string of the molecule is CCCN(C)CC1(CNCC)CCOCC1. The third kappa shape index (κ3) is 4.40. The molecule has 1 heterocycles. The van der Waals surface area contributed by atoms with Gasteiger partial charge in [-0.05, 0) is 44.8 Å². The van der Waals surface area contributed by atoms with E-state index in [9.17, 15) is 0 Å². The van der Waals surface area contributed by atoms with Gasteiger partial charge in [0.05, 0.1) is 0 Å². The third-order valence-corrected chi connectivity index (χ3v) is 3.51. The zero-order valence-electron chi connectivity index (χ0n) is 11.2. The molecule has 3 nitrogen and oxygen atoms in total. The van der Waals surface area contributed by atoms with Gasteiger partial charge in [0.1, 0.15) is 0 Å². The Morgan fingerprint density at radius 2 is 1.94 bits per heavy atom. The minimum Gasteiger partial charge on any atom is -0.381 e. The van der Waals surface area contributed by atoms with Crippen LogP contribution in [-0.2, 0) is 4.74 Å². The molecule has 16 heavy (non-hydrogen) atoms. The molecule has 96 valence electrons. The van der Waals surface area contributed by atoms with Gasteiger partial charge in [0.2, 0.25) is 0 Å². The van der Waals surface area contributed by atoms with Gasteiger partial charge < -0.3 is 15.0 Å². The molecule has 0 saturated carbocycles. The Kier molecular flexibility index (Phi) is 6.32. The van der Waals surface area contributed by atoms with Crippen LogP contribution in [-0.4, -0.2) is 51.3 Å². The zero-order valence-corrected chi connectivity index (χ0v) is 11.2. The number of nitrogens with one attached hydrogen (secondary N) is 1. The van der Waals surface area contributed by atoms with E-state index < -0.39 is 0 Å². The number of ether oxygens (including phenoxy) is 1. The number of hydrogen-bond acceptors (Lipinski definition) is 3. The van der Waals surface area contributed by atoms with Gasteiger partial charge in [-0.3, -0.25) is 0 Å². The standard InChI is InChI=1S/C13H28N2O/c1-4-8-15(3)12-13(11-14-5-2)6-9-16-10-7-13/h14H,4-12H2,1-3H3. The van der Waals surface area contributed by atoms with Gasteiger partial charge in [-0.25, -0.2) is 0 Å². The van der Waals surface area contributed by atoms with Crippen LogP contribution in [0.5, 0.6) is 0 Å². The quantitative estimate of drug-likeness (QED) is 0.718. The van der Waals surface area contributed by atoms with E-state index in [0.717, 1.165) is 26.3 Å². The van der Waals surface area contributed by atoms with Crippen molar-refractivity contribution >= 4 is 0 Å². The van der Waals surface area contributed by atoms with Crippen molar-refractivity contribution in [2.75, 3.05) is 46.4 Å². The van der Waals surface area contributed by atoms with E-state index >= 15 is 0 Å². The maximum Gasteiger partial charge on any atom is 0.0472 e. The Balaban J connectivity index is 2.47. The maximum absolute atomic E-state index is 5.50. The fourth-order valence-corrected chi connectivity index (χ4v) is 2.62. The average Bonchev–Trinajstić information content (AvgIpc) is 2.28.